The molecule has 41 heavy (non-hydrogen) atoms. The molecule has 218 valence electrons. The van der Waals surface area contributed by atoms with Crippen molar-refractivity contribution < 1.29 is 14.3 Å². The number of hydrogen-bond acceptors (Lipinski definition) is 10. The molecule has 0 aliphatic carbocycles. The first kappa shape index (κ1) is 29.7. The van der Waals surface area contributed by atoms with E-state index >= 15 is 0 Å². The average molecular weight is 584 g/mol. The number of hydrogen-bond donors (Lipinski definition) is 4. The molecule has 1 fully saturated rings. The van der Waals surface area contributed by atoms with Crippen molar-refractivity contribution in [3.63, 3.8) is 0 Å². The summed E-state index contributed by atoms with van der Waals surface area (Å²) in [5.41, 5.74) is 19.5. The number of nitrogens with zero attached hydrogens (tertiary/aromatic N) is 7. The first-order chi connectivity index (χ1) is 19.7. The maximum absolute atomic E-state index is 12.4. The number of benzene rings is 1. The summed E-state index contributed by atoms with van der Waals surface area (Å²) in [5.74, 6) is -1.36. The van der Waals surface area contributed by atoms with Crippen molar-refractivity contribution in [2.75, 3.05) is 31.2 Å². The Hall–Kier alpha value is -4.30. The van der Waals surface area contributed by atoms with Gasteiger partial charge in [0.1, 0.15) is 0 Å². The minimum Gasteiger partial charge on any atom is -0.462 e. The lowest BCUT2D eigenvalue weighted by atomic mass is 10.0. The Morgan fingerprint density at radius 1 is 1.12 bits per heavy atom. The molecule has 0 radical (unpaired) electrons. The van der Waals surface area contributed by atoms with Gasteiger partial charge in [-0.05, 0) is 49.8 Å². The molecule has 0 spiro atoms. The van der Waals surface area contributed by atoms with E-state index in [1.807, 2.05) is 25.4 Å². The molecular weight excluding hydrogens is 550 g/mol. The SMILES string of the molecule is Cn1cc(CCCCOC(=O)c2ccc(CN3CCC(N/C(N)=N/C(=O)c4nc(Cl)c(N)nc4N)CC3)cc2)nn1. The smallest absolute Gasteiger partial charge is 0.338 e. The molecule has 4 rings (SSSR count). The van der Waals surface area contributed by atoms with Crippen LogP contribution in [-0.4, -0.2) is 73.4 Å². The van der Waals surface area contributed by atoms with Gasteiger partial charge in [0.15, 0.2) is 28.4 Å². The highest BCUT2D eigenvalue weighted by Gasteiger charge is 2.21. The number of nitrogens with two attached hydrogens (primary N) is 3. The Balaban J connectivity index is 1.16. The van der Waals surface area contributed by atoms with Gasteiger partial charge in [-0.3, -0.25) is 14.4 Å². The van der Waals surface area contributed by atoms with Crippen LogP contribution in [0.3, 0.4) is 0 Å². The zero-order chi connectivity index (χ0) is 29.4. The number of ether oxygens (including phenoxy) is 1. The first-order valence-electron chi connectivity index (χ1n) is 13.2. The Kier molecular flexibility index (Phi) is 10.0. The van der Waals surface area contributed by atoms with Gasteiger partial charge in [-0.2, -0.15) is 4.99 Å². The quantitative estimate of drug-likeness (QED) is 0.115. The fraction of sp³-hybridized carbons (Fsp3) is 0.423. The normalized spacial score (nSPS) is 14.6. The molecule has 3 aromatic rings. The maximum Gasteiger partial charge on any atom is 0.338 e. The molecular formula is C26H34ClN11O3. The minimum atomic E-state index is -0.759. The van der Waals surface area contributed by atoms with E-state index in [4.69, 9.17) is 33.5 Å². The van der Waals surface area contributed by atoms with Gasteiger partial charge in [0.25, 0.3) is 0 Å². The summed E-state index contributed by atoms with van der Waals surface area (Å²) in [6.45, 7) is 2.76. The van der Waals surface area contributed by atoms with Crippen LogP contribution in [0.25, 0.3) is 0 Å². The van der Waals surface area contributed by atoms with Crippen LogP contribution in [0.4, 0.5) is 11.6 Å². The molecule has 0 bridgehead atoms. The summed E-state index contributed by atoms with van der Waals surface area (Å²) >= 11 is 5.83. The molecule has 1 aliphatic heterocycles. The lowest BCUT2D eigenvalue weighted by Gasteiger charge is -2.32. The summed E-state index contributed by atoms with van der Waals surface area (Å²) in [4.78, 5) is 38.5. The third-order valence-corrected chi connectivity index (χ3v) is 6.85. The molecule has 2 aromatic heterocycles. The topological polar surface area (TPSA) is 206 Å². The standard InChI is InChI=1S/C26H34ClN11O3/c1-37-15-19(35-36-37)4-2-3-13-41-25(40)17-7-5-16(6-8-17)14-38-11-9-18(10-12-38)31-26(30)34-24(39)20-22(28)33-23(29)21(27)32-20/h5-8,15,18H,2-4,9-14H2,1H3,(H4,28,29,33)(H3,30,31,34,39). The molecule has 0 unspecified atom stereocenters. The molecule has 1 amide bonds. The largest absolute Gasteiger partial charge is 0.462 e. The number of esters is 1. The van der Waals surface area contributed by atoms with E-state index < -0.39 is 5.91 Å². The van der Waals surface area contributed by atoms with E-state index in [0.717, 1.165) is 63.0 Å². The van der Waals surface area contributed by atoms with Gasteiger partial charge >= 0.3 is 11.9 Å². The second kappa shape index (κ2) is 13.9. The van der Waals surface area contributed by atoms with Crippen molar-refractivity contribution in [1.29, 1.82) is 0 Å². The van der Waals surface area contributed by atoms with E-state index in [0.29, 0.717) is 12.2 Å². The Morgan fingerprint density at radius 2 is 1.85 bits per heavy atom. The number of anilines is 2. The second-order valence-corrected chi connectivity index (χ2v) is 10.2. The highest BCUT2D eigenvalue weighted by molar-refractivity contribution is 6.31. The maximum atomic E-state index is 12.4. The van der Waals surface area contributed by atoms with Crippen molar-refractivity contribution in [3.05, 3.63) is 58.1 Å². The summed E-state index contributed by atoms with van der Waals surface area (Å²) < 4.78 is 7.08. The fourth-order valence-electron chi connectivity index (χ4n) is 4.41. The van der Waals surface area contributed by atoms with Crippen molar-refractivity contribution in [1.82, 2.24) is 35.2 Å². The number of unbranched alkanes of at least 4 members (excludes halogenated alkanes) is 1. The zero-order valence-corrected chi connectivity index (χ0v) is 23.5. The van der Waals surface area contributed by atoms with E-state index in [1.165, 1.54) is 0 Å². The van der Waals surface area contributed by atoms with Gasteiger partial charge in [-0.1, -0.05) is 28.9 Å². The number of nitrogen functional groups attached to an aromatic ring is 2. The monoisotopic (exact) mass is 583 g/mol. The van der Waals surface area contributed by atoms with Crippen LogP contribution in [-0.2, 0) is 24.8 Å². The lowest BCUT2D eigenvalue weighted by molar-refractivity contribution is 0.0498. The molecule has 7 N–H and O–H groups in total. The molecule has 0 atom stereocenters. The van der Waals surface area contributed by atoms with Gasteiger partial charge < -0.3 is 27.3 Å². The molecule has 1 aliphatic rings. The summed E-state index contributed by atoms with van der Waals surface area (Å²) in [7, 11) is 1.83. The van der Waals surface area contributed by atoms with Crippen LogP contribution in [0.2, 0.25) is 5.15 Å². The Bertz CT molecular complexity index is 1390. The number of aliphatic imine (C=N–C) groups is 1. The summed E-state index contributed by atoms with van der Waals surface area (Å²) in [6.07, 6.45) is 5.94. The predicted molar refractivity (Wildman–Crippen MR) is 154 cm³/mol. The fourth-order valence-corrected chi connectivity index (χ4v) is 4.54. The highest BCUT2D eigenvalue weighted by atomic mass is 35.5. The van der Waals surface area contributed by atoms with Gasteiger partial charge in [-0.15, -0.1) is 5.10 Å². The Morgan fingerprint density at radius 3 is 2.54 bits per heavy atom. The number of aromatic nitrogens is 5. The summed E-state index contributed by atoms with van der Waals surface area (Å²) in [6, 6.07) is 7.54. The molecule has 0 saturated carbocycles. The lowest BCUT2D eigenvalue weighted by Crippen LogP contribution is -2.47. The Labute approximate surface area is 242 Å². The van der Waals surface area contributed by atoms with Gasteiger partial charge in [-0.25, -0.2) is 14.8 Å². The van der Waals surface area contributed by atoms with E-state index in [2.05, 4.69) is 35.5 Å². The van der Waals surface area contributed by atoms with Crippen LogP contribution in [0, 0.1) is 0 Å². The number of carbonyl (C=O) groups excluding carboxylic acids is 2. The first-order valence-corrected chi connectivity index (χ1v) is 13.6. The number of likely N-dealkylation sites (tertiary alicyclic amines) is 1. The molecule has 3 heterocycles. The second-order valence-electron chi connectivity index (χ2n) is 9.80. The van der Waals surface area contributed by atoms with Crippen LogP contribution < -0.4 is 22.5 Å². The number of nitrogens with one attached hydrogen (secondary N) is 1. The number of amides is 1. The van der Waals surface area contributed by atoms with Crippen LogP contribution >= 0.6 is 11.6 Å². The van der Waals surface area contributed by atoms with Crippen molar-refractivity contribution in [3.8, 4) is 0 Å². The molecule has 15 heteroatoms. The predicted octanol–water partition coefficient (Wildman–Crippen LogP) is 1.31. The van der Waals surface area contributed by atoms with Gasteiger partial charge in [0.2, 0.25) is 0 Å². The van der Waals surface area contributed by atoms with E-state index in [1.54, 1.807) is 16.8 Å². The van der Waals surface area contributed by atoms with Gasteiger partial charge in [0, 0.05) is 38.9 Å². The third-order valence-electron chi connectivity index (χ3n) is 6.58. The molecule has 1 saturated heterocycles. The zero-order valence-electron chi connectivity index (χ0n) is 22.8. The van der Waals surface area contributed by atoms with Crippen LogP contribution in [0.5, 0.6) is 0 Å². The molecule has 1 aromatic carbocycles. The number of piperidine rings is 1. The molecule has 14 nitrogen and oxygen atoms in total. The van der Waals surface area contributed by atoms with Gasteiger partial charge in [0.05, 0.1) is 17.9 Å². The number of aryl methyl sites for hydroxylation is 2. The third kappa shape index (κ3) is 8.59. The van der Waals surface area contributed by atoms with Crippen LogP contribution in [0.1, 0.15) is 57.8 Å². The highest BCUT2D eigenvalue weighted by Crippen LogP contribution is 2.18. The average Bonchev–Trinajstić information content (AvgIpc) is 3.36. The minimum absolute atomic E-state index is 0.0319. The number of guanidine groups is 1. The number of halogens is 1. The van der Waals surface area contributed by atoms with Crippen molar-refractivity contribution >= 4 is 41.1 Å². The van der Waals surface area contributed by atoms with E-state index in [9.17, 15) is 9.59 Å². The number of rotatable bonds is 10. The van der Waals surface area contributed by atoms with Crippen molar-refractivity contribution in [2.24, 2.45) is 17.8 Å². The van der Waals surface area contributed by atoms with Crippen LogP contribution in [0.15, 0.2) is 35.5 Å². The van der Waals surface area contributed by atoms with Crippen molar-refractivity contribution in [2.45, 2.75) is 44.7 Å². The summed E-state index contributed by atoms with van der Waals surface area (Å²) in [5, 5.41) is 10.9. The van der Waals surface area contributed by atoms with E-state index in [-0.39, 0.29) is 40.5 Å². The number of carbonyl (C=O) groups is 2.